The Labute approximate surface area is 306 Å². The minimum atomic E-state index is -2.81. The number of nitrogens with zero attached hydrogens (tertiary/aromatic N) is 1. The molecule has 0 bridgehead atoms. The average molecular weight is 726 g/mol. The highest BCUT2D eigenvalue weighted by Gasteiger charge is 2.69. The summed E-state index contributed by atoms with van der Waals surface area (Å²) in [4.78, 5) is 82.2. The lowest BCUT2D eigenvalue weighted by molar-refractivity contribution is -0.181. The number of amides is 1. The van der Waals surface area contributed by atoms with Gasteiger partial charge < -0.3 is 30.7 Å². The molecule has 0 spiro atoms. The summed E-state index contributed by atoms with van der Waals surface area (Å²) in [7, 11) is 4.57. The Kier molecular flexibility index (Phi) is 10.4. The van der Waals surface area contributed by atoms with Crippen molar-refractivity contribution in [2.75, 3.05) is 27.8 Å². The van der Waals surface area contributed by atoms with Crippen molar-refractivity contribution in [1.29, 1.82) is 0 Å². The quantitative estimate of drug-likeness (QED) is 0.165. The van der Waals surface area contributed by atoms with Crippen LogP contribution >= 0.6 is 0 Å². The van der Waals surface area contributed by atoms with Gasteiger partial charge >= 0.3 is 5.97 Å². The molecule has 3 aliphatic rings. The Morgan fingerprint density at radius 2 is 1.72 bits per heavy atom. The van der Waals surface area contributed by atoms with Crippen LogP contribution in [0.2, 0.25) is 0 Å². The lowest BCUT2D eigenvalue weighted by Gasteiger charge is -2.52. The smallest absolute Gasteiger partial charge is 0.323 e. The van der Waals surface area contributed by atoms with Gasteiger partial charge in [-0.15, -0.1) is 0 Å². The Morgan fingerprint density at radius 1 is 1.00 bits per heavy atom. The summed E-state index contributed by atoms with van der Waals surface area (Å²) < 4.78 is 11.1. The van der Waals surface area contributed by atoms with Crippen LogP contribution in [0.15, 0.2) is 60.7 Å². The Hall–Kier alpha value is -5.24. The van der Waals surface area contributed by atoms with E-state index in [1.165, 1.54) is 32.2 Å². The molecule has 3 aromatic carbocycles. The Morgan fingerprint density at radius 3 is 2.36 bits per heavy atom. The van der Waals surface area contributed by atoms with E-state index in [2.05, 4.69) is 5.32 Å². The molecule has 7 atom stereocenters. The zero-order valence-corrected chi connectivity index (χ0v) is 30.0. The van der Waals surface area contributed by atoms with Gasteiger partial charge in [-0.25, -0.2) is 0 Å². The van der Waals surface area contributed by atoms with Gasteiger partial charge in [0.1, 0.15) is 17.5 Å². The van der Waals surface area contributed by atoms with Gasteiger partial charge in [-0.1, -0.05) is 42.5 Å². The highest BCUT2D eigenvalue weighted by Crippen LogP contribution is 2.52. The number of likely N-dealkylation sites (N-methyl/N-ethyl adjacent to an activating group) is 1. The van der Waals surface area contributed by atoms with Crippen LogP contribution in [0.25, 0.3) is 11.1 Å². The molecule has 0 aliphatic heterocycles. The number of aliphatic hydroxyl groups is 1. The highest BCUT2D eigenvalue weighted by molar-refractivity contribution is 6.32. The molecule has 278 valence electrons. The number of ketones is 4. The van der Waals surface area contributed by atoms with Crippen molar-refractivity contribution in [3.8, 4) is 22.6 Å². The maximum atomic E-state index is 14.3. The molecule has 0 radical (unpaired) electrons. The van der Waals surface area contributed by atoms with Gasteiger partial charge in [0.15, 0.2) is 34.7 Å². The molecule has 0 saturated heterocycles. The third-order valence-electron chi connectivity index (χ3n) is 10.9. The molecule has 7 unspecified atom stereocenters. The fourth-order valence-corrected chi connectivity index (χ4v) is 8.51. The number of Topliss-reactive ketones (excluding diaryl/α,β-unsaturated/α-hetero) is 4. The maximum absolute atomic E-state index is 14.3. The van der Waals surface area contributed by atoms with E-state index in [0.717, 1.165) is 11.1 Å². The van der Waals surface area contributed by atoms with Gasteiger partial charge in [0.05, 0.1) is 31.2 Å². The Balaban J connectivity index is 1.37. The number of hydrogen-bond acceptors (Lipinski definition) is 12. The van der Waals surface area contributed by atoms with E-state index in [9.17, 15) is 39.0 Å². The largest absolute Gasteiger partial charge is 0.507 e. The maximum Gasteiger partial charge on any atom is 0.323 e. The predicted octanol–water partition coefficient (Wildman–Crippen LogP) is 1.81. The van der Waals surface area contributed by atoms with E-state index in [-0.39, 0.29) is 43.3 Å². The SMILES string of the molecule is CCOC(=O)C(Cc1ccccc1)NCc1ccc(OC)c(-c2ccc(O)c3c2CC2CC4C(N(C)C)C(=O)C(C(N)=O)C(=O)C4(O)C(=O)C2C3=O)c1. The van der Waals surface area contributed by atoms with Crippen molar-refractivity contribution in [2.24, 2.45) is 29.4 Å². The second kappa shape index (κ2) is 14.6. The first-order valence-electron chi connectivity index (χ1n) is 17.5. The number of benzene rings is 3. The molecular formula is C40H43N3O10. The van der Waals surface area contributed by atoms with E-state index >= 15 is 0 Å². The van der Waals surface area contributed by atoms with E-state index < -0.39 is 70.4 Å². The van der Waals surface area contributed by atoms with Crippen LogP contribution in [0.3, 0.4) is 0 Å². The molecule has 1 amide bonds. The first-order valence-corrected chi connectivity index (χ1v) is 17.5. The summed E-state index contributed by atoms with van der Waals surface area (Å²) in [5, 5.41) is 26.3. The third-order valence-corrected chi connectivity index (χ3v) is 10.9. The number of nitrogens with two attached hydrogens (primary N) is 1. The number of fused-ring (bicyclic) bond motifs is 3. The van der Waals surface area contributed by atoms with Crippen LogP contribution in [0.4, 0.5) is 0 Å². The zero-order valence-electron chi connectivity index (χ0n) is 30.0. The second-order valence-electron chi connectivity index (χ2n) is 14.2. The number of aromatic hydroxyl groups is 1. The number of rotatable bonds is 11. The molecule has 3 aliphatic carbocycles. The minimum Gasteiger partial charge on any atom is -0.507 e. The summed E-state index contributed by atoms with van der Waals surface area (Å²) in [5.74, 6) is -11.1. The van der Waals surface area contributed by atoms with Crippen molar-refractivity contribution < 1.29 is 48.5 Å². The van der Waals surface area contributed by atoms with Gasteiger partial charge in [-0.05, 0) is 86.7 Å². The van der Waals surface area contributed by atoms with Gasteiger partial charge in [-0.2, -0.15) is 0 Å². The monoisotopic (exact) mass is 725 g/mol. The normalized spacial score (nSPS) is 25.7. The summed E-state index contributed by atoms with van der Waals surface area (Å²) in [6, 6.07) is 16.2. The minimum absolute atomic E-state index is 0.0727. The van der Waals surface area contributed by atoms with Gasteiger partial charge in [-0.3, -0.25) is 33.7 Å². The fraction of sp³-hybridized carbons (Fsp3) is 0.400. The number of phenols is 1. The van der Waals surface area contributed by atoms with Crippen LogP contribution in [0, 0.1) is 23.7 Å². The highest BCUT2D eigenvalue weighted by atomic mass is 16.5. The molecule has 0 aromatic heterocycles. The summed E-state index contributed by atoms with van der Waals surface area (Å²) in [5.41, 5.74) is 5.80. The summed E-state index contributed by atoms with van der Waals surface area (Å²) >= 11 is 0. The first-order chi connectivity index (χ1) is 25.2. The summed E-state index contributed by atoms with van der Waals surface area (Å²) in [6.45, 7) is 2.25. The van der Waals surface area contributed by atoms with Crippen molar-refractivity contribution in [2.45, 2.75) is 50.4 Å². The predicted molar refractivity (Wildman–Crippen MR) is 191 cm³/mol. The molecule has 13 nitrogen and oxygen atoms in total. The number of nitrogens with one attached hydrogen (secondary N) is 1. The van der Waals surface area contributed by atoms with Crippen LogP contribution in [0.1, 0.15) is 40.4 Å². The van der Waals surface area contributed by atoms with Gasteiger partial charge in [0.2, 0.25) is 5.91 Å². The van der Waals surface area contributed by atoms with E-state index in [0.29, 0.717) is 28.9 Å². The number of methoxy groups -OCH3 is 1. The number of primary amides is 1. The van der Waals surface area contributed by atoms with E-state index in [1.54, 1.807) is 19.1 Å². The molecule has 5 N–H and O–H groups in total. The lowest BCUT2D eigenvalue weighted by atomic mass is 9.52. The molecule has 13 heteroatoms. The van der Waals surface area contributed by atoms with E-state index in [4.69, 9.17) is 15.2 Å². The first kappa shape index (κ1) is 37.5. The van der Waals surface area contributed by atoms with Crippen LogP contribution < -0.4 is 15.8 Å². The van der Waals surface area contributed by atoms with Crippen molar-refractivity contribution >= 4 is 35.0 Å². The third kappa shape index (κ3) is 6.42. The molecule has 2 saturated carbocycles. The van der Waals surface area contributed by atoms with Crippen molar-refractivity contribution in [1.82, 2.24) is 10.2 Å². The van der Waals surface area contributed by atoms with Crippen molar-refractivity contribution in [3.63, 3.8) is 0 Å². The molecular weight excluding hydrogens is 682 g/mol. The van der Waals surface area contributed by atoms with Gasteiger partial charge in [0, 0.05) is 18.0 Å². The van der Waals surface area contributed by atoms with Crippen LogP contribution in [-0.4, -0.2) is 95.6 Å². The summed E-state index contributed by atoms with van der Waals surface area (Å²) in [6.07, 6.45) is 0.419. The Bertz CT molecular complexity index is 2000. The molecule has 53 heavy (non-hydrogen) atoms. The molecule has 0 heterocycles. The number of carbonyl (C=O) groups is 6. The number of esters is 1. The zero-order chi connectivity index (χ0) is 38.4. The van der Waals surface area contributed by atoms with E-state index in [1.807, 2.05) is 42.5 Å². The topological polar surface area (TPSA) is 203 Å². The lowest BCUT2D eigenvalue weighted by Crippen LogP contribution is -2.74. The average Bonchev–Trinajstić information content (AvgIpc) is 3.12. The van der Waals surface area contributed by atoms with Gasteiger partial charge in [0.25, 0.3) is 0 Å². The number of ether oxygens (including phenoxy) is 2. The second-order valence-corrected chi connectivity index (χ2v) is 14.2. The van der Waals surface area contributed by atoms with Crippen molar-refractivity contribution in [3.05, 3.63) is 82.9 Å². The number of carbonyl (C=O) groups excluding carboxylic acids is 6. The van der Waals surface area contributed by atoms with Crippen LogP contribution in [-0.2, 0) is 48.1 Å². The standard InChI is InChI=1S/C40H43N3O10/c1-5-53-39(50)27(16-20-9-7-6-8-10-20)42-19-21-11-14-29(52-4)24(15-21)23-12-13-28(44)31-25(23)17-22-18-26-33(43(2)3)35(46)32(38(41)49)37(48)40(26,51)36(47)30(22)34(31)45/h6-15,22,26-27,30,32-33,42,44,51H,5,16-19H2,1-4H3,(H2,41,49). The molecule has 6 rings (SSSR count). The van der Waals surface area contributed by atoms with Crippen LogP contribution in [0.5, 0.6) is 11.5 Å². The number of hydrogen-bond donors (Lipinski definition) is 4. The molecule has 2 fully saturated rings. The number of phenolic OH excluding ortho intramolecular Hbond substituents is 1. The molecule has 3 aromatic rings. The fourth-order valence-electron chi connectivity index (χ4n) is 8.51.